The van der Waals surface area contributed by atoms with Crippen LogP contribution in [0.25, 0.3) is 0 Å². The van der Waals surface area contributed by atoms with E-state index in [1.54, 1.807) is 6.07 Å². The van der Waals surface area contributed by atoms with E-state index in [4.69, 9.17) is 4.74 Å². The molecule has 0 radical (unpaired) electrons. The Bertz CT molecular complexity index is 858. The Hall–Kier alpha value is -2.55. The Morgan fingerprint density at radius 1 is 1.34 bits per heavy atom. The fourth-order valence-corrected chi connectivity index (χ4v) is 3.67. The van der Waals surface area contributed by atoms with Crippen molar-refractivity contribution in [2.45, 2.75) is 25.1 Å². The van der Waals surface area contributed by atoms with Gasteiger partial charge in [0, 0.05) is 39.3 Å². The third-order valence-corrected chi connectivity index (χ3v) is 5.59. The molecule has 2 aliphatic heterocycles. The highest BCUT2D eigenvalue weighted by atomic mass is 16.5. The molecule has 0 saturated carbocycles. The number of anilines is 1. The maximum atomic E-state index is 12.5. The van der Waals surface area contributed by atoms with Gasteiger partial charge >= 0.3 is 0 Å². The van der Waals surface area contributed by atoms with E-state index in [1.165, 1.54) is 17.5 Å². The summed E-state index contributed by atoms with van der Waals surface area (Å²) in [4.78, 5) is 25.0. The first-order chi connectivity index (χ1) is 14.1. The number of β-amino-alcohol motifs (C(OH)–C–C–N with tert-alkyl or cyclic N) is 1. The maximum Gasteiger partial charge on any atom is 0.270 e. The van der Waals surface area contributed by atoms with Crippen molar-refractivity contribution in [1.29, 1.82) is 0 Å². The lowest BCUT2D eigenvalue weighted by Gasteiger charge is -2.35. The van der Waals surface area contributed by atoms with Crippen molar-refractivity contribution in [2.24, 2.45) is 0 Å². The van der Waals surface area contributed by atoms with Gasteiger partial charge in [-0.05, 0) is 17.5 Å². The molecule has 2 aromatic rings. The lowest BCUT2D eigenvalue weighted by atomic mass is 10.00. The Balaban J connectivity index is 1.27. The van der Waals surface area contributed by atoms with Crippen LogP contribution in [0.15, 0.2) is 36.7 Å². The van der Waals surface area contributed by atoms with Crippen molar-refractivity contribution in [3.8, 4) is 0 Å². The summed E-state index contributed by atoms with van der Waals surface area (Å²) in [7, 11) is 1.93. The topological polar surface area (TPSA) is 90.8 Å². The van der Waals surface area contributed by atoms with Crippen molar-refractivity contribution in [3.05, 3.63) is 53.5 Å². The summed E-state index contributed by atoms with van der Waals surface area (Å²) in [5.41, 5.74) is 2.98. The first-order valence-corrected chi connectivity index (χ1v) is 9.98. The molecule has 3 heterocycles. The number of hydrogen-bond acceptors (Lipinski definition) is 7. The van der Waals surface area contributed by atoms with Gasteiger partial charge in [0.25, 0.3) is 5.91 Å². The lowest BCUT2D eigenvalue weighted by molar-refractivity contribution is 0.00987. The number of nitrogens with one attached hydrogen (secondary N) is 1. The molecule has 1 aromatic carbocycles. The molecule has 1 aromatic heterocycles. The summed E-state index contributed by atoms with van der Waals surface area (Å²) in [6.45, 7) is 3.77. The summed E-state index contributed by atoms with van der Waals surface area (Å²) >= 11 is 0. The summed E-state index contributed by atoms with van der Waals surface area (Å²) < 4.78 is 5.21. The van der Waals surface area contributed by atoms with Gasteiger partial charge in [-0.15, -0.1) is 0 Å². The minimum Gasteiger partial charge on any atom is -0.390 e. The van der Waals surface area contributed by atoms with E-state index in [1.807, 2.05) is 18.0 Å². The smallest absolute Gasteiger partial charge is 0.270 e. The lowest BCUT2D eigenvalue weighted by Crippen LogP contribution is -2.47. The van der Waals surface area contributed by atoms with Crippen LogP contribution in [0.1, 0.15) is 21.6 Å². The molecule has 154 valence electrons. The summed E-state index contributed by atoms with van der Waals surface area (Å²) in [5.74, 6) is 0.376. The second-order valence-corrected chi connectivity index (χ2v) is 7.68. The predicted molar refractivity (Wildman–Crippen MR) is 109 cm³/mol. The fourth-order valence-electron chi connectivity index (χ4n) is 3.67. The minimum atomic E-state index is -0.639. The van der Waals surface area contributed by atoms with Crippen molar-refractivity contribution in [3.63, 3.8) is 0 Å². The molecular weight excluding hydrogens is 370 g/mol. The van der Waals surface area contributed by atoms with Crippen LogP contribution >= 0.6 is 0 Å². The molecule has 1 saturated heterocycles. The molecule has 0 unspecified atom stereocenters. The molecule has 1 amide bonds. The molecule has 2 N–H and O–H groups in total. The van der Waals surface area contributed by atoms with Gasteiger partial charge in [-0.3, -0.25) is 9.69 Å². The van der Waals surface area contributed by atoms with Gasteiger partial charge in [-0.1, -0.05) is 24.3 Å². The van der Waals surface area contributed by atoms with Crippen molar-refractivity contribution in [1.82, 2.24) is 20.2 Å². The number of aliphatic hydroxyl groups is 1. The standard InChI is InChI=1S/C21H27N5O3/c1-25(17-12-29-13-17)20-8-19(23-14-24-20)21(28)22-9-18(27)11-26-7-6-15-4-2-3-5-16(15)10-26/h2-5,8,14,17-18,27H,6-7,9-13H2,1H3,(H,22,28)/t18-/m0/s1. The molecule has 8 heteroatoms. The zero-order chi connectivity index (χ0) is 20.2. The van der Waals surface area contributed by atoms with Crippen molar-refractivity contribution < 1.29 is 14.6 Å². The number of rotatable bonds is 7. The van der Waals surface area contributed by atoms with E-state index in [0.717, 1.165) is 19.5 Å². The summed E-state index contributed by atoms with van der Waals surface area (Å²) in [5, 5.41) is 13.2. The molecule has 2 aliphatic rings. The molecule has 1 fully saturated rings. The molecule has 8 nitrogen and oxygen atoms in total. The average molecular weight is 397 g/mol. The molecular formula is C21H27N5O3. The highest BCUT2D eigenvalue weighted by molar-refractivity contribution is 5.92. The minimum absolute atomic E-state index is 0.183. The number of fused-ring (bicyclic) bond motifs is 1. The number of carbonyl (C=O) groups excluding carboxylic acids is 1. The van der Waals surface area contributed by atoms with E-state index < -0.39 is 6.10 Å². The van der Waals surface area contributed by atoms with Crippen LogP contribution in [-0.4, -0.2) is 77.9 Å². The number of carbonyl (C=O) groups is 1. The summed E-state index contributed by atoms with van der Waals surface area (Å²) in [6.07, 6.45) is 1.74. The van der Waals surface area contributed by atoms with Crippen molar-refractivity contribution >= 4 is 11.7 Å². The van der Waals surface area contributed by atoms with Crippen LogP contribution in [0, 0.1) is 0 Å². The first kappa shape index (κ1) is 19.8. The Morgan fingerprint density at radius 2 is 2.14 bits per heavy atom. The number of amides is 1. The number of hydrogen-bond donors (Lipinski definition) is 2. The zero-order valence-corrected chi connectivity index (χ0v) is 16.6. The second kappa shape index (κ2) is 8.86. The highest BCUT2D eigenvalue weighted by Gasteiger charge is 2.25. The number of likely N-dealkylation sites (N-methyl/N-ethyl adjacent to an activating group) is 1. The zero-order valence-electron chi connectivity index (χ0n) is 16.6. The van der Waals surface area contributed by atoms with E-state index >= 15 is 0 Å². The largest absolute Gasteiger partial charge is 0.390 e. The maximum absolute atomic E-state index is 12.5. The average Bonchev–Trinajstić information content (AvgIpc) is 2.70. The fraction of sp³-hybridized carbons (Fsp3) is 0.476. The molecule has 0 aliphatic carbocycles. The highest BCUT2D eigenvalue weighted by Crippen LogP contribution is 2.19. The number of ether oxygens (including phenoxy) is 1. The van der Waals surface area contributed by atoms with Gasteiger partial charge in [0.15, 0.2) is 0 Å². The SMILES string of the molecule is CN(c1cc(C(=O)NC[C@H](O)CN2CCc3ccccc3C2)ncn1)C1COC1. The van der Waals surface area contributed by atoms with Gasteiger partial charge in [-0.25, -0.2) is 9.97 Å². The molecule has 0 spiro atoms. The van der Waals surface area contributed by atoms with Gasteiger partial charge < -0.3 is 20.1 Å². The number of aliphatic hydroxyl groups excluding tert-OH is 1. The Morgan fingerprint density at radius 3 is 2.90 bits per heavy atom. The second-order valence-electron chi connectivity index (χ2n) is 7.68. The van der Waals surface area contributed by atoms with E-state index in [-0.39, 0.29) is 18.5 Å². The monoisotopic (exact) mass is 397 g/mol. The third kappa shape index (κ3) is 4.72. The van der Waals surface area contributed by atoms with Gasteiger partial charge in [0.1, 0.15) is 17.8 Å². The van der Waals surface area contributed by atoms with Gasteiger partial charge in [0.05, 0.1) is 25.4 Å². The third-order valence-electron chi connectivity index (χ3n) is 5.59. The number of aromatic nitrogens is 2. The van der Waals surface area contributed by atoms with Crippen molar-refractivity contribution in [2.75, 3.05) is 44.8 Å². The summed E-state index contributed by atoms with van der Waals surface area (Å²) in [6, 6.07) is 10.3. The Labute approximate surface area is 170 Å². The number of nitrogens with zero attached hydrogens (tertiary/aromatic N) is 4. The predicted octanol–water partition coefficient (Wildman–Crippen LogP) is 0.461. The molecule has 1 atom stereocenters. The van der Waals surface area contributed by atoms with Gasteiger partial charge in [-0.2, -0.15) is 0 Å². The molecule has 0 bridgehead atoms. The molecule has 29 heavy (non-hydrogen) atoms. The quantitative estimate of drug-likeness (QED) is 0.701. The van der Waals surface area contributed by atoms with Crippen LogP contribution in [0.3, 0.4) is 0 Å². The van der Waals surface area contributed by atoms with Crippen LogP contribution in [0.4, 0.5) is 5.82 Å². The van der Waals surface area contributed by atoms with Crippen LogP contribution in [0.2, 0.25) is 0 Å². The van der Waals surface area contributed by atoms with Gasteiger partial charge in [0.2, 0.25) is 0 Å². The first-order valence-electron chi connectivity index (χ1n) is 9.98. The van der Waals surface area contributed by atoms with E-state index in [9.17, 15) is 9.90 Å². The number of benzene rings is 1. The van der Waals surface area contributed by atoms with E-state index in [0.29, 0.717) is 31.3 Å². The van der Waals surface area contributed by atoms with E-state index in [2.05, 4.69) is 38.4 Å². The Kier molecular flexibility index (Phi) is 6.03. The van der Waals surface area contributed by atoms with Crippen LogP contribution < -0.4 is 10.2 Å². The van der Waals surface area contributed by atoms with Crippen LogP contribution in [0.5, 0.6) is 0 Å². The normalized spacial score (nSPS) is 17.9. The molecule has 4 rings (SSSR count). The van der Waals surface area contributed by atoms with Crippen LogP contribution in [-0.2, 0) is 17.7 Å².